The van der Waals surface area contributed by atoms with E-state index in [0.29, 0.717) is 12.2 Å². The van der Waals surface area contributed by atoms with Gasteiger partial charge >= 0.3 is 5.97 Å². The minimum atomic E-state index is -0.600. The summed E-state index contributed by atoms with van der Waals surface area (Å²) in [7, 11) is 1.25. The van der Waals surface area contributed by atoms with Gasteiger partial charge < -0.3 is 10.1 Å². The Labute approximate surface area is 97.5 Å². The van der Waals surface area contributed by atoms with Crippen molar-refractivity contribution in [2.75, 3.05) is 18.3 Å². The first-order chi connectivity index (χ1) is 7.62. The summed E-state index contributed by atoms with van der Waals surface area (Å²) < 4.78 is 6.07. The van der Waals surface area contributed by atoms with Crippen molar-refractivity contribution < 1.29 is 14.3 Å². The molecule has 0 spiro atoms. The highest BCUT2D eigenvalue weighted by molar-refractivity contribution is 6.29. The number of carbonyl (C=O) groups is 2. The van der Waals surface area contributed by atoms with Gasteiger partial charge in [0, 0.05) is 12.7 Å². The quantitative estimate of drug-likeness (QED) is 0.631. The van der Waals surface area contributed by atoms with Crippen LogP contribution >= 0.6 is 11.6 Å². The Morgan fingerprint density at radius 3 is 2.81 bits per heavy atom. The molecule has 16 heavy (non-hydrogen) atoms. The molecule has 0 aromatic carbocycles. The molecule has 0 aliphatic heterocycles. The fourth-order valence-electron chi connectivity index (χ4n) is 1.11. The lowest BCUT2D eigenvalue weighted by Gasteiger charge is -2.00. The largest absolute Gasteiger partial charge is 0.464 e. The number of nitrogens with zero attached hydrogens (tertiary/aromatic N) is 2. The number of carbonyl (C=O) groups excluding carboxylic acids is 2. The molecule has 88 valence electrons. The first-order valence-corrected chi connectivity index (χ1v) is 5.17. The second-order valence-electron chi connectivity index (χ2n) is 2.92. The summed E-state index contributed by atoms with van der Waals surface area (Å²) in [5.74, 6) is -1.18. The number of anilines is 1. The lowest BCUT2D eigenvalue weighted by atomic mass is 10.3. The number of esters is 1. The first kappa shape index (κ1) is 12.5. The minimum Gasteiger partial charge on any atom is -0.464 e. The Morgan fingerprint density at radius 2 is 2.31 bits per heavy atom. The molecule has 0 atom stereocenters. The second-order valence-corrected chi connectivity index (χ2v) is 3.19. The minimum absolute atomic E-state index is 0.0721. The number of alkyl halides is 1. The number of aromatic nitrogens is 2. The topological polar surface area (TPSA) is 73.2 Å². The van der Waals surface area contributed by atoms with E-state index in [0.717, 1.165) is 0 Å². The molecule has 1 aromatic heterocycles. The Morgan fingerprint density at radius 1 is 1.62 bits per heavy atom. The second kappa shape index (κ2) is 5.50. The van der Waals surface area contributed by atoms with Crippen molar-refractivity contribution >= 4 is 29.2 Å². The Kier molecular flexibility index (Phi) is 4.30. The molecule has 0 bridgehead atoms. The SMILES string of the molecule is CCn1cc(NC(=O)CCl)c(C(=O)OC)n1. The van der Waals surface area contributed by atoms with Crippen LogP contribution in [0.4, 0.5) is 5.69 Å². The highest BCUT2D eigenvalue weighted by Gasteiger charge is 2.18. The molecule has 0 unspecified atom stereocenters. The molecule has 0 aliphatic carbocycles. The van der Waals surface area contributed by atoms with E-state index in [1.807, 2.05) is 6.92 Å². The molecule has 1 amide bonds. The van der Waals surface area contributed by atoms with Gasteiger partial charge in [0.15, 0.2) is 5.69 Å². The lowest BCUT2D eigenvalue weighted by Crippen LogP contribution is -2.15. The Hall–Kier alpha value is -1.56. The highest BCUT2D eigenvalue weighted by atomic mass is 35.5. The van der Waals surface area contributed by atoms with Crippen molar-refractivity contribution in [2.24, 2.45) is 0 Å². The third-order valence-electron chi connectivity index (χ3n) is 1.86. The van der Waals surface area contributed by atoms with E-state index in [4.69, 9.17) is 11.6 Å². The number of methoxy groups -OCH3 is 1. The van der Waals surface area contributed by atoms with Gasteiger partial charge in [-0.3, -0.25) is 9.48 Å². The number of ether oxygens (including phenoxy) is 1. The summed E-state index contributed by atoms with van der Waals surface area (Å²) in [5.41, 5.74) is 0.377. The van der Waals surface area contributed by atoms with Crippen LogP contribution < -0.4 is 5.32 Å². The van der Waals surface area contributed by atoms with Crippen LogP contribution in [0.1, 0.15) is 17.4 Å². The van der Waals surface area contributed by atoms with Gasteiger partial charge in [0.25, 0.3) is 0 Å². The van der Waals surface area contributed by atoms with Gasteiger partial charge in [-0.05, 0) is 6.92 Å². The van der Waals surface area contributed by atoms with Gasteiger partial charge in [-0.1, -0.05) is 0 Å². The van der Waals surface area contributed by atoms with Crippen LogP contribution in [0.3, 0.4) is 0 Å². The molecule has 1 rings (SSSR count). The summed E-state index contributed by atoms with van der Waals surface area (Å²) in [5, 5.41) is 6.45. The standard InChI is InChI=1S/C9H12ClN3O3/c1-3-13-5-6(11-7(14)4-10)8(12-13)9(15)16-2/h5H,3-4H2,1-2H3,(H,11,14). The van der Waals surface area contributed by atoms with Gasteiger partial charge in [-0.2, -0.15) is 5.10 Å². The third-order valence-corrected chi connectivity index (χ3v) is 2.10. The zero-order chi connectivity index (χ0) is 12.1. The van der Waals surface area contributed by atoms with Gasteiger partial charge in [-0.15, -0.1) is 11.6 Å². The van der Waals surface area contributed by atoms with Gasteiger partial charge in [0.2, 0.25) is 5.91 Å². The molecule has 0 saturated carbocycles. The molecular formula is C9H12ClN3O3. The maximum atomic E-state index is 11.4. The predicted molar refractivity (Wildman–Crippen MR) is 58.6 cm³/mol. The molecule has 0 fully saturated rings. The van der Waals surface area contributed by atoms with E-state index >= 15 is 0 Å². The normalized spacial score (nSPS) is 9.94. The molecule has 1 heterocycles. The number of hydrogen-bond donors (Lipinski definition) is 1. The summed E-state index contributed by atoms with van der Waals surface area (Å²) >= 11 is 5.35. The fourth-order valence-corrected chi connectivity index (χ4v) is 1.17. The molecule has 1 aromatic rings. The first-order valence-electron chi connectivity index (χ1n) is 4.64. The maximum Gasteiger partial charge on any atom is 0.360 e. The number of nitrogens with one attached hydrogen (secondary N) is 1. The highest BCUT2D eigenvalue weighted by Crippen LogP contribution is 2.14. The summed E-state index contributed by atoms with van der Waals surface area (Å²) in [6.07, 6.45) is 1.55. The van der Waals surface area contributed by atoms with Crippen molar-refractivity contribution in [1.29, 1.82) is 0 Å². The number of hydrogen-bond acceptors (Lipinski definition) is 4. The summed E-state index contributed by atoms with van der Waals surface area (Å²) in [4.78, 5) is 22.5. The zero-order valence-corrected chi connectivity index (χ0v) is 9.74. The molecule has 1 N–H and O–H groups in total. The van der Waals surface area contributed by atoms with Gasteiger partial charge in [0.05, 0.1) is 12.8 Å². The average Bonchev–Trinajstić information content (AvgIpc) is 2.71. The molecule has 0 saturated heterocycles. The van der Waals surface area contributed by atoms with Crippen LogP contribution in [-0.4, -0.2) is 34.6 Å². The van der Waals surface area contributed by atoms with Crippen molar-refractivity contribution in [2.45, 2.75) is 13.5 Å². The van der Waals surface area contributed by atoms with Crippen molar-refractivity contribution in [3.8, 4) is 0 Å². The van der Waals surface area contributed by atoms with Crippen LogP contribution in [0.25, 0.3) is 0 Å². The fraction of sp³-hybridized carbons (Fsp3) is 0.444. The van der Waals surface area contributed by atoms with Crippen molar-refractivity contribution in [3.63, 3.8) is 0 Å². The Bertz CT molecular complexity index is 403. The average molecular weight is 246 g/mol. The third kappa shape index (κ3) is 2.73. The molecule has 0 aliphatic rings. The van der Waals surface area contributed by atoms with Gasteiger partial charge in [0.1, 0.15) is 5.88 Å². The zero-order valence-electron chi connectivity index (χ0n) is 8.99. The smallest absolute Gasteiger partial charge is 0.360 e. The van der Waals surface area contributed by atoms with Gasteiger partial charge in [-0.25, -0.2) is 4.79 Å². The van der Waals surface area contributed by atoms with E-state index in [1.165, 1.54) is 11.8 Å². The molecular weight excluding hydrogens is 234 g/mol. The van der Waals surface area contributed by atoms with E-state index < -0.39 is 11.9 Å². The van der Waals surface area contributed by atoms with E-state index in [-0.39, 0.29) is 11.6 Å². The van der Waals surface area contributed by atoms with E-state index in [9.17, 15) is 9.59 Å². The van der Waals surface area contributed by atoms with Crippen LogP contribution in [0.15, 0.2) is 6.20 Å². The van der Waals surface area contributed by atoms with Crippen molar-refractivity contribution in [3.05, 3.63) is 11.9 Å². The number of rotatable bonds is 4. The van der Waals surface area contributed by atoms with Crippen LogP contribution in [-0.2, 0) is 16.1 Å². The monoisotopic (exact) mass is 245 g/mol. The number of aryl methyl sites for hydroxylation is 1. The maximum absolute atomic E-state index is 11.4. The molecule has 6 nitrogen and oxygen atoms in total. The molecule has 7 heteroatoms. The number of amides is 1. The van der Waals surface area contributed by atoms with Crippen LogP contribution in [0.2, 0.25) is 0 Å². The summed E-state index contributed by atoms with van der Waals surface area (Å²) in [6, 6.07) is 0. The van der Waals surface area contributed by atoms with Crippen LogP contribution in [0.5, 0.6) is 0 Å². The van der Waals surface area contributed by atoms with Crippen molar-refractivity contribution in [1.82, 2.24) is 9.78 Å². The molecule has 0 radical (unpaired) electrons. The summed E-state index contributed by atoms with van der Waals surface area (Å²) in [6.45, 7) is 2.45. The Balaban J connectivity index is 3.00. The number of halogens is 1. The van der Waals surface area contributed by atoms with E-state index in [1.54, 1.807) is 6.20 Å². The predicted octanol–water partition coefficient (Wildman–Crippen LogP) is 0.867. The van der Waals surface area contributed by atoms with Crippen LogP contribution in [0, 0.1) is 0 Å². The lowest BCUT2D eigenvalue weighted by molar-refractivity contribution is -0.113. The van der Waals surface area contributed by atoms with E-state index in [2.05, 4.69) is 15.2 Å².